The van der Waals surface area contributed by atoms with Crippen molar-refractivity contribution in [1.29, 1.82) is 0 Å². The Bertz CT molecular complexity index is 715. The Hall–Kier alpha value is -2.56. The largest absolute Gasteiger partial charge is 0.493 e. The molecule has 1 amide bonds. The van der Waals surface area contributed by atoms with Crippen molar-refractivity contribution < 1.29 is 18.7 Å². The molecule has 0 aliphatic carbocycles. The second-order valence-corrected chi connectivity index (χ2v) is 5.28. The topological polar surface area (TPSA) is 38.8 Å². The van der Waals surface area contributed by atoms with E-state index in [1.807, 2.05) is 12.1 Å². The lowest BCUT2D eigenvalue weighted by molar-refractivity contribution is 0.0783. The van der Waals surface area contributed by atoms with Crippen LogP contribution in [-0.4, -0.2) is 32.1 Å². The lowest BCUT2D eigenvalue weighted by Gasteiger charge is -2.20. The second-order valence-electron chi connectivity index (χ2n) is 5.28. The van der Waals surface area contributed by atoms with Gasteiger partial charge in [0.25, 0.3) is 5.91 Å². The molecule has 0 aromatic heterocycles. The van der Waals surface area contributed by atoms with Crippen molar-refractivity contribution in [3.05, 3.63) is 58.9 Å². The van der Waals surface area contributed by atoms with Crippen LogP contribution in [0.2, 0.25) is 0 Å². The summed E-state index contributed by atoms with van der Waals surface area (Å²) in [5, 5.41) is 0. The third kappa shape index (κ3) is 3.62. The van der Waals surface area contributed by atoms with E-state index in [-0.39, 0.29) is 11.7 Å². The molecule has 0 saturated carbocycles. The predicted molar refractivity (Wildman–Crippen MR) is 86.5 cm³/mol. The van der Waals surface area contributed by atoms with Gasteiger partial charge in [-0.1, -0.05) is 18.2 Å². The van der Waals surface area contributed by atoms with E-state index in [0.29, 0.717) is 29.2 Å². The highest BCUT2D eigenvalue weighted by Gasteiger charge is 2.17. The van der Waals surface area contributed by atoms with Crippen molar-refractivity contribution in [3.8, 4) is 11.5 Å². The van der Waals surface area contributed by atoms with Gasteiger partial charge < -0.3 is 14.4 Å². The molecular weight excluding hydrogens is 297 g/mol. The number of rotatable bonds is 5. The van der Waals surface area contributed by atoms with Crippen LogP contribution in [0.3, 0.4) is 0 Å². The minimum atomic E-state index is -0.386. The van der Waals surface area contributed by atoms with Crippen LogP contribution >= 0.6 is 0 Å². The molecule has 0 saturated heterocycles. The highest BCUT2D eigenvalue weighted by atomic mass is 19.1. The van der Waals surface area contributed by atoms with Crippen LogP contribution in [0.5, 0.6) is 11.5 Å². The Kier molecular flexibility index (Phi) is 5.21. The average Bonchev–Trinajstić information content (AvgIpc) is 2.56. The number of halogens is 1. The van der Waals surface area contributed by atoms with E-state index in [1.165, 1.54) is 11.0 Å². The Balaban J connectivity index is 2.23. The summed E-state index contributed by atoms with van der Waals surface area (Å²) in [5.74, 6) is 0.550. The molecule has 23 heavy (non-hydrogen) atoms. The van der Waals surface area contributed by atoms with Crippen molar-refractivity contribution in [2.75, 3.05) is 21.3 Å². The first-order chi connectivity index (χ1) is 11.0. The molecule has 5 heteroatoms. The number of hydrogen-bond acceptors (Lipinski definition) is 3. The number of carbonyl (C=O) groups is 1. The summed E-state index contributed by atoms with van der Waals surface area (Å²) in [6.45, 7) is 1.99. The number of ether oxygens (including phenoxy) is 2. The highest BCUT2D eigenvalue weighted by molar-refractivity contribution is 5.94. The van der Waals surface area contributed by atoms with Gasteiger partial charge in [-0.3, -0.25) is 4.79 Å². The molecule has 0 unspecified atom stereocenters. The fourth-order valence-electron chi connectivity index (χ4n) is 2.35. The fraction of sp³-hybridized carbons (Fsp3) is 0.278. The number of aryl methyl sites for hydroxylation is 1. The molecule has 2 rings (SSSR count). The molecule has 4 nitrogen and oxygen atoms in total. The number of carbonyl (C=O) groups excluding carboxylic acids is 1. The smallest absolute Gasteiger partial charge is 0.254 e. The monoisotopic (exact) mass is 317 g/mol. The third-order valence-electron chi connectivity index (χ3n) is 3.66. The molecule has 0 bridgehead atoms. The van der Waals surface area contributed by atoms with E-state index in [2.05, 4.69) is 0 Å². The zero-order valence-electron chi connectivity index (χ0n) is 13.7. The Morgan fingerprint density at radius 1 is 1.17 bits per heavy atom. The standard InChI is InChI=1S/C18H20FNO3/c1-12-8-9-13(10-15(12)19)18(21)20(2)11-14-6-5-7-16(22-3)17(14)23-4/h5-10H,11H2,1-4H3. The van der Waals surface area contributed by atoms with Gasteiger partial charge in [-0.05, 0) is 30.7 Å². The lowest BCUT2D eigenvalue weighted by Crippen LogP contribution is -2.26. The predicted octanol–water partition coefficient (Wildman–Crippen LogP) is 3.42. The number of benzene rings is 2. The van der Waals surface area contributed by atoms with E-state index >= 15 is 0 Å². The van der Waals surface area contributed by atoms with Crippen LogP contribution < -0.4 is 9.47 Å². The molecule has 0 heterocycles. The fourth-order valence-corrected chi connectivity index (χ4v) is 2.35. The van der Waals surface area contributed by atoms with Gasteiger partial charge in [0.2, 0.25) is 0 Å². The Morgan fingerprint density at radius 3 is 2.52 bits per heavy atom. The van der Waals surface area contributed by atoms with E-state index < -0.39 is 0 Å². The molecule has 0 aliphatic heterocycles. The van der Waals surface area contributed by atoms with E-state index in [4.69, 9.17) is 9.47 Å². The third-order valence-corrected chi connectivity index (χ3v) is 3.66. The highest BCUT2D eigenvalue weighted by Crippen LogP contribution is 2.31. The van der Waals surface area contributed by atoms with Crippen LogP contribution in [-0.2, 0) is 6.54 Å². The maximum absolute atomic E-state index is 13.6. The number of amides is 1. The molecule has 0 aliphatic rings. The van der Waals surface area contributed by atoms with Gasteiger partial charge >= 0.3 is 0 Å². The molecule has 122 valence electrons. The first kappa shape index (κ1) is 16.8. The van der Waals surface area contributed by atoms with Gasteiger partial charge in [0.05, 0.1) is 14.2 Å². The first-order valence-corrected chi connectivity index (χ1v) is 7.19. The van der Waals surface area contributed by atoms with Crippen LogP contribution in [0.25, 0.3) is 0 Å². The average molecular weight is 317 g/mol. The minimum Gasteiger partial charge on any atom is -0.493 e. The summed E-state index contributed by atoms with van der Waals surface area (Å²) < 4.78 is 24.3. The first-order valence-electron chi connectivity index (χ1n) is 7.19. The van der Waals surface area contributed by atoms with Crippen molar-refractivity contribution in [1.82, 2.24) is 4.90 Å². The van der Waals surface area contributed by atoms with E-state index in [1.54, 1.807) is 46.4 Å². The van der Waals surface area contributed by atoms with Crippen LogP contribution in [0.15, 0.2) is 36.4 Å². The normalized spacial score (nSPS) is 10.3. The maximum atomic E-state index is 13.6. The molecular formula is C18H20FNO3. The molecule has 2 aromatic rings. The SMILES string of the molecule is COc1cccc(CN(C)C(=O)c2ccc(C)c(F)c2)c1OC. The molecule has 0 fully saturated rings. The lowest BCUT2D eigenvalue weighted by atomic mass is 10.1. The summed E-state index contributed by atoms with van der Waals surface area (Å²) in [7, 11) is 4.78. The summed E-state index contributed by atoms with van der Waals surface area (Å²) in [6, 6.07) is 9.97. The van der Waals surface area contributed by atoms with Crippen LogP contribution in [0.1, 0.15) is 21.5 Å². The molecule has 0 radical (unpaired) electrons. The molecule has 2 aromatic carbocycles. The Morgan fingerprint density at radius 2 is 1.91 bits per heavy atom. The van der Waals surface area contributed by atoms with Crippen molar-refractivity contribution >= 4 is 5.91 Å². The molecule has 0 spiro atoms. The van der Waals surface area contributed by atoms with Gasteiger partial charge in [-0.25, -0.2) is 4.39 Å². The Labute approximate surface area is 135 Å². The quantitative estimate of drug-likeness (QED) is 0.848. The van der Waals surface area contributed by atoms with Gasteiger partial charge in [-0.2, -0.15) is 0 Å². The van der Waals surface area contributed by atoms with Crippen molar-refractivity contribution in [2.24, 2.45) is 0 Å². The summed E-state index contributed by atoms with van der Waals surface area (Å²) in [4.78, 5) is 14.0. The van der Waals surface area contributed by atoms with Gasteiger partial charge in [0.1, 0.15) is 5.82 Å². The summed E-state index contributed by atoms with van der Waals surface area (Å²) >= 11 is 0. The zero-order chi connectivity index (χ0) is 17.0. The van der Waals surface area contributed by atoms with E-state index in [0.717, 1.165) is 5.56 Å². The number of hydrogen-bond donors (Lipinski definition) is 0. The molecule has 0 N–H and O–H groups in total. The molecule has 0 atom stereocenters. The van der Waals surface area contributed by atoms with Gasteiger partial charge in [0, 0.05) is 24.7 Å². The summed E-state index contributed by atoms with van der Waals surface area (Å²) in [5.41, 5.74) is 1.64. The number of nitrogens with zero attached hydrogens (tertiary/aromatic N) is 1. The number of methoxy groups -OCH3 is 2. The van der Waals surface area contributed by atoms with E-state index in [9.17, 15) is 9.18 Å². The van der Waals surface area contributed by atoms with Crippen molar-refractivity contribution in [2.45, 2.75) is 13.5 Å². The zero-order valence-corrected chi connectivity index (χ0v) is 13.7. The van der Waals surface area contributed by atoms with Crippen LogP contribution in [0, 0.1) is 12.7 Å². The minimum absolute atomic E-state index is 0.256. The number of para-hydroxylation sites is 1. The van der Waals surface area contributed by atoms with Crippen molar-refractivity contribution in [3.63, 3.8) is 0 Å². The van der Waals surface area contributed by atoms with Crippen LogP contribution in [0.4, 0.5) is 4.39 Å². The van der Waals surface area contributed by atoms with Gasteiger partial charge in [0.15, 0.2) is 11.5 Å². The second kappa shape index (κ2) is 7.13. The van der Waals surface area contributed by atoms with Gasteiger partial charge in [-0.15, -0.1) is 0 Å². The summed E-state index contributed by atoms with van der Waals surface area (Å²) in [6.07, 6.45) is 0. The maximum Gasteiger partial charge on any atom is 0.254 e.